The van der Waals surface area contributed by atoms with Gasteiger partial charge in [0.2, 0.25) is 5.91 Å². The van der Waals surface area contributed by atoms with E-state index in [0.717, 1.165) is 19.4 Å². The number of amides is 1. The van der Waals surface area contributed by atoms with Crippen LogP contribution < -0.4 is 5.32 Å². The summed E-state index contributed by atoms with van der Waals surface area (Å²) < 4.78 is 13.6. The van der Waals surface area contributed by atoms with E-state index in [2.05, 4.69) is 22.3 Å². The highest BCUT2D eigenvalue weighted by molar-refractivity contribution is 5.78. The summed E-state index contributed by atoms with van der Waals surface area (Å²) in [4.78, 5) is 14.4. The summed E-state index contributed by atoms with van der Waals surface area (Å²) in [5.41, 5.74) is 1.77. The first kappa shape index (κ1) is 15.7. The van der Waals surface area contributed by atoms with Crippen LogP contribution in [0.5, 0.6) is 0 Å². The lowest BCUT2D eigenvalue weighted by molar-refractivity contribution is -0.122. The first-order valence-electron chi connectivity index (χ1n) is 8.03. The summed E-state index contributed by atoms with van der Waals surface area (Å²) in [5.74, 6) is -0.341. The molecule has 1 saturated heterocycles. The molecule has 1 N–H and O–H groups in total. The van der Waals surface area contributed by atoms with E-state index in [1.807, 2.05) is 18.2 Å². The number of rotatable bonds is 5. The maximum absolute atomic E-state index is 13.6. The lowest BCUT2D eigenvalue weighted by Crippen LogP contribution is -2.36. The Balaban J connectivity index is 1.56. The SMILES string of the molecule is O=C(CN1CCCC1c1ccccc1)NCc1ccccc1F. The third kappa shape index (κ3) is 3.96. The summed E-state index contributed by atoms with van der Waals surface area (Å²) >= 11 is 0. The Labute approximate surface area is 136 Å². The number of nitrogens with one attached hydrogen (secondary N) is 1. The minimum Gasteiger partial charge on any atom is -0.351 e. The lowest BCUT2D eigenvalue weighted by Gasteiger charge is -2.24. The maximum Gasteiger partial charge on any atom is 0.234 e. The van der Waals surface area contributed by atoms with E-state index in [1.54, 1.807) is 18.2 Å². The average molecular weight is 312 g/mol. The minimum absolute atomic E-state index is 0.0592. The van der Waals surface area contributed by atoms with Gasteiger partial charge in [-0.25, -0.2) is 4.39 Å². The zero-order valence-electron chi connectivity index (χ0n) is 13.0. The topological polar surface area (TPSA) is 32.3 Å². The molecule has 1 atom stereocenters. The molecule has 1 aliphatic rings. The third-order valence-electron chi connectivity index (χ3n) is 4.33. The van der Waals surface area contributed by atoms with Crippen LogP contribution in [0.1, 0.15) is 30.0 Å². The van der Waals surface area contributed by atoms with Crippen LogP contribution in [-0.2, 0) is 11.3 Å². The van der Waals surface area contributed by atoms with Crippen molar-refractivity contribution in [1.82, 2.24) is 10.2 Å². The maximum atomic E-state index is 13.6. The van der Waals surface area contributed by atoms with Crippen molar-refractivity contribution in [1.29, 1.82) is 0 Å². The normalized spacial score (nSPS) is 18.0. The second-order valence-corrected chi connectivity index (χ2v) is 5.91. The molecule has 4 heteroatoms. The standard InChI is InChI=1S/C19H21FN2O/c20-17-10-5-4-9-16(17)13-21-19(23)14-22-12-6-11-18(22)15-7-2-1-3-8-15/h1-5,7-10,18H,6,11-14H2,(H,21,23). The number of nitrogens with zero attached hydrogens (tertiary/aromatic N) is 1. The zero-order chi connectivity index (χ0) is 16.1. The number of benzene rings is 2. The Morgan fingerprint density at radius 2 is 1.87 bits per heavy atom. The van der Waals surface area contributed by atoms with Gasteiger partial charge in [-0.05, 0) is 31.0 Å². The van der Waals surface area contributed by atoms with Crippen LogP contribution in [0.25, 0.3) is 0 Å². The Hall–Kier alpha value is -2.20. The van der Waals surface area contributed by atoms with Crippen LogP contribution in [0.15, 0.2) is 54.6 Å². The van der Waals surface area contributed by atoms with Crippen LogP contribution in [0.3, 0.4) is 0 Å². The number of carbonyl (C=O) groups is 1. The largest absolute Gasteiger partial charge is 0.351 e. The fraction of sp³-hybridized carbons (Fsp3) is 0.316. The van der Waals surface area contributed by atoms with E-state index in [0.29, 0.717) is 18.2 Å². The molecule has 120 valence electrons. The van der Waals surface area contributed by atoms with Crippen molar-refractivity contribution < 1.29 is 9.18 Å². The van der Waals surface area contributed by atoms with Crippen molar-refractivity contribution >= 4 is 5.91 Å². The average Bonchev–Trinajstić information content (AvgIpc) is 3.03. The molecule has 2 aromatic rings. The molecule has 1 aliphatic heterocycles. The van der Waals surface area contributed by atoms with Gasteiger partial charge in [-0.2, -0.15) is 0 Å². The Morgan fingerprint density at radius 3 is 2.65 bits per heavy atom. The van der Waals surface area contributed by atoms with Gasteiger partial charge in [-0.1, -0.05) is 48.5 Å². The number of hydrogen-bond acceptors (Lipinski definition) is 2. The summed E-state index contributed by atoms with van der Waals surface area (Å²) in [6, 6.07) is 17.1. The predicted octanol–water partition coefficient (Wildman–Crippen LogP) is 3.28. The number of halogens is 1. The Morgan fingerprint density at radius 1 is 1.13 bits per heavy atom. The van der Waals surface area contributed by atoms with Crippen LogP contribution in [-0.4, -0.2) is 23.9 Å². The van der Waals surface area contributed by atoms with E-state index in [1.165, 1.54) is 11.6 Å². The van der Waals surface area contributed by atoms with Gasteiger partial charge in [0.1, 0.15) is 5.82 Å². The Kier molecular flexibility index (Phi) is 5.03. The van der Waals surface area contributed by atoms with Crippen molar-refractivity contribution in [2.24, 2.45) is 0 Å². The van der Waals surface area contributed by atoms with E-state index in [9.17, 15) is 9.18 Å². The first-order valence-corrected chi connectivity index (χ1v) is 8.03. The van der Waals surface area contributed by atoms with Crippen LogP contribution in [0.2, 0.25) is 0 Å². The van der Waals surface area contributed by atoms with Crippen molar-refractivity contribution in [3.8, 4) is 0 Å². The highest BCUT2D eigenvalue weighted by Crippen LogP contribution is 2.31. The van der Waals surface area contributed by atoms with Crippen LogP contribution in [0.4, 0.5) is 4.39 Å². The molecular weight excluding hydrogens is 291 g/mol. The zero-order valence-corrected chi connectivity index (χ0v) is 13.0. The summed E-state index contributed by atoms with van der Waals surface area (Å²) in [7, 11) is 0. The summed E-state index contributed by atoms with van der Waals surface area (Å²) in [6.45, 7) is 1.51. The smallest absolute Gasteiger partial charge is 0.234 e. The number of hydrogen-bond donors (Lipinski definition) is 1. The third-order valence-corrected chi connectivity index (χ3v) is 4.33. The molecule has 1 heterocycles. The van der Waals surface area contributed by atoms with E-state index in [4.69, 9.17) is 0 Å². The van der Waals surface area contributed by atoms with Gasteiger partial charge in [0.05, 0.1) is 6.54 Å². The van der Waals surface area contributed by atoms with E-state index < -0.39 is 0 Å². The van der Waals surface area contributed by atoms with E-state index >= 15 is 0 Å². The summed E-state index contributed by atoms with van der Waals surface area (Å²) in [5, 5.41) is 2.82. The molecule has 0 saturated carbocycles. The molecule has 0 radical (unpaired) electrons. The van der Waals surface area contributed by atoms with Gasteiger partial charge in [0.25, 0.3) is 0 Å². The van der Waals surface area contributed by atoms with Crippen molar-refractivity contribution in [2.75, 3.05) is 13.1 Å². The van der Waals surface area contributed by atoms with Crippen molar-refractivity contribution in [2.45, 2.75) is 25.4 Å². The molecule has 0 aliphatic carbocycles. The second kappa shape index (κ2) is 7.38. The molecule has 3 nitrogen and oxygen atoms in total. The molecule has 1 fully saturated rings. The molecule has 0 aromatic heterocycles. The highest BCUT2D eigenvalue weighted by Gasteiger charge is 2.27. The summed E-state index contributed by atoms with van der Waals surface area (Å²) in [6.07, 6.45) is 2.17. The van der Waals surface area contributed by atoms with Gasteiger partial charge in [0, 0.05) is 18.2 Å². The second-order valence-electron chi connectivity index (χ2n) is 5.91. The fourth-order valence-electron chi connectivity index (χ4n) is 3.14. The van der Waals surface area contributed by atoms with Gasteiger partial charge < -0.3 is 5.32 Å². The number of likely N-dealkylation sites (tertiary alicyclic amines) is 1. The van der Waals surface area contributed by atoms with Gasteiger partial charge in [-0.15, -0.1) is 0 Å². The first-order chi connectivity index (χ1) is 11.2. The molecule has 2 aromatic carbocycles. The molecule has 23 heavy (non-hydrogen) atoms. The fourth-order valence-corrected chi connectivity index (χ4v) is 3.14. The van der Waals surface area contributed by atoms with Gasteiger partial charge in [-0.3, -0.25) is 9.69 Å². The van der Waals surface area contributed by atoms with Crippen LogP contribution in [0, 0.1) is 5.82 Å². The highest BCUT2D eigenvalue weighted by atomic mass is 19.1. The molecule has 1 amide bonds. The molecular formula is C19H21FN2O. The predicted molar refractivity (Wildman–Crippen MR) is 88.2 cm³/mol. The molecule has 1 unspecified atom stereocenters. The Bertz CT molecular complexity index is 659. The monoisotopic (exact) mass is 312 g/mol. The van der Waals surface area contributed by atoms with Gasteiger partial charge >= 0.3 is 0 Å². The van der Waals surface area contributed by atoms with E-state index in [-0.39, 0.29) is 18.3 Å². The quantitative estimate of drug-likeness (QED) is 0.919. The van der Waals surface area contributed by atoms with Crippen LogP contribution >= 0.6 is 0 Å². The number of carbonyl (C=O) groups excluding carboxylic acids is 1. The van der Waals surface area contributed by atoms with Crippen molar-refractivity contribution in [3.05, 3.63) is 71.5 Å². The van der Waals surface area contributed by atoms with Crippen molar-refractivity contribution in [3.63, 3.8) is 0 Å². The molecule has 3 rings (SSSR count). The molecule has 0 bridgehead atoms. The minimum atomic E-state index is -0.281. The molecule has 0 spiro atoms. The van der Waals surface area contributed by atoms with Gasteiger partial charge in [0.15, 0.2) is 0 Å². The lowest BCUT2D eigenvalue weighted by atomic mass is 10.0.